The lowest BCUT2D eigenvalue weighted by molar-refractivity contribution is 0.0367. The maximum absolute atomic E-state index is 14.0. The summed E-state index contributed by atoms with van der Waals surface area (Å²) < 4.78 is 41.5. The number of rotatable bonds is 8. The minimum atomic E-state index is -4.02. The number of hydrogen-bond acceptors (Lipinski definition) is 7. The van der Waals surface area contributed by atoms with E-state index in [0.717, 1.165) is 11.1 Å². The van der Waals surface area contributed by atoms with Crippen LogP contribution in [0.5, 0.6) is 0 Å². The number of aryl methyl sites for hydroxylation is 1. The summed E-state index contributed by atoms with van der Waals surface area (Å²) in [5.41, 5.74) is 1.02. The minimum Gasteiger partial charge on any atom is -0.445 e. The molecule has 2 heterocycles. The van der Waals surface area contributed by atoms with Crippen LogP contribution in [0, 0.1) is 6.92 Å². The maximum Gasteiger partial charge on any atom is 0.407 e. The number of esters is 1. The number of amides is 1. The number of fused-ring (bicyclic) bond motifs is 1. The quantitative estimate of drug-likeness (QED) is 0.298. The maximum atomic E-state index is 14.0. The molecule has 1 unspecified atom stereocenters. The van der Waals surface area contributed by atoms with Crippen LogP contribution in [0.4, 0.5) is 4.79 Å². The van der Waals surface area contributed by atoms with Gasteiger partial charge in [0.2, 0.25) is 10.0 Å². The summed E-state index contributed by atoms with van der Waals surface area (Å²) in [6, 6.07) is 21.9. The predicted molar refractivity (Wildman–Crippen MR) is 159 cm³/mol. The second-order valence-corrected chi connectivity index (χ2v) is 12.8. The molecule has 1 saturated heterocycles. The van der Waals surface area contributed by atoms with Crippen molar-refractivity contribution in [3.63, 3.8) is 0 Å². The molecule has 1 spiro atoms. The number of pyridine rings is 1. The molecule has 6 rings (SSSR count). The van der Waals surface area contributed by atoms with Crippen LogP contribution in [0.25, 0.3) is 10.8 Å². The Bertz CT molecular complexity index is 1850. The summed E-state index contributed by atoms with van der Waals surface area (Å²) in [5, 5.41) is 3.36. The van der Waals surface area contributed by atoms with Crippen molar-refractivity contribution in [2.75, 3.05) is 6.54 Å². The molecule has 2 aliphatic rings. The van der Waals surface area contributed by atoms with Gasteiger partial charge in [0.25, 0.3) is 5.56 Å². The SMILES string of the molecule is Cc1ccc(C(=O)OCn2ccc3c(S(=O)(=O)N4CCC(NC(=O)OCc5ccccc5)C45CC5)cccc3c2=O)cc1. The van der Waals surface area contributed by atoms with E-state index in [2.05, 4.69) is 5.32 Å². The fourth-order valence-electron chi connectivity index (χ4n) is 5.75. The molecule has 11 heteroatoms. The molecule has 0 radical (unpaired) electrons. The molecule has 2 fully saturated rings. The zero-order valence-electron chi connectivity index (χ0n) is 23.6. The first kappa shape index (κ1) is 28.6. The summed E-state index contributed by atoms with van der Waals surface area (Å²) in [4.78, 5) is 38.3. The Balaban J connectivity index is 1.18. The second kappa shape index (κ2) is 11.3. The molecule has 1 amide bonds. The lowest BCUT2D eigenvalue weighted by atomic mass is 10.1. The van der Waals surface area contributed by atoms with Crippen LogP contribution in [0.1, 0.15) is 40.7 Å². The summed E-state index contributed by atoms with van der Waals surface area (Å²) in [7, 11) is -4.02. The Hall–Kier alpha value is -4.48. The van der Waals surface area contributed by atoms with E-state index in [1.54, 1.807) is 36.4 Å². The van der Waals surface area contributed by atoms with Crippen molar-refractivity contribution in [3.8, 4) is 0 Å². The normalized spacial score (nSPS) is 17.6. The van der Waals surface area contributed by atoms with Crippen molar-refractivity contribution in [1.82, 2.24) is 14.2 Å². The number of carbonyl (C=O) groups is 2. The van der Waals surface area contributed by atoms with Crippen molar-refractivity contribution in [2.24, 2.45) is 0 Å². The van der Waals surface area contributed by atoms with Crippen LogP contribution in [0.3, 0.4) is 0 Å². The number of nitrogens with zero attached hydrogens (tertiary/aromatic N) is 2. The first-order valence-corrected chi connectivity index (χ1v) is 15.5. The number of aromatic nitrogens is 1. The Morgan fingerprint density at radius 1 is 0.930 bits per heavy atom. The first-order chi connectivity index (χ1) is 20.7. The molecule has 43 heavy (non-hydrogen) atoms. The van der Waals surface area contributed by atoms with E-state index in [1.807, 2.05) is 37.3 Å². The van der Waals surface area contributed by atoms with Crippen LogP contribution in [-0.2, 0) is 32.8 Å². The Kier molecular flexibility index (Phi) is 7.53. The van der Waals surface area contributed by atoms with Crippen LogP contribution in [-0.4, -0.2) is 47.5 Å². The number of benzene rings is 3. The minimum absolute atomic E-state index is 0.0180. The van der Waals surface area contributed by atoms with Gasteiger partial charge in [-0.15, -0.1) is 0 Å². The van der Waals surface area contributed by atoms with E-state index in [4.69, 9.17) is 9.47 Å². The van der Waals surface area contributed by atoms with E-state index in [9.17, 15) is 22.8 Å². The van der Waals surface area contributed by atoms with E-state index >= 15 is 0 Å². The molecule has 1 aliphatic carbocycles. The van der Waals surface area contributed by atoms with Crippen molar-refractivity contribution in [3.05, 3.63) is 112 Å². The smallest absolute Gasteiger partial charge is 0.407 e. The van der Waals surface area contributed by atoms with Crippen LogP contribution >= 0.6 is 0 Å². The van der Waals surface area contributed by atoms with Gasteiger partial charge >= 0.3 is 12.1 Å². The number of nitrogens with one attached hydrogen (secondary N) is 1. The first-order valence-electron chi connectivity index (χ1n) is 14.1. The molecule has 1 atom stereocenters. The molecule has 222 valence electrons. The molecule has 1 N–H and O–H groups in total. The summed E-state index contributed by atoms with van der Waals surface area (Å²) in [5.74, 6) is -0.570. The van der Waals surface area contributed by atoms with Gasteiger partial charge < -0.3 is 14.8 Å². The number of sulfonamides is 1. The highest BCUT2D eigenvalue weighted by molar-refractivity contribution is 7.89. The Labute approximate surface area is 248 Å². The molecule has 4 aromatic rings. The Morgan fingerprint density at radius 3 is 2.40 bits per heavy atom. The second-order valence-electron chi connectivity index (χ2n) is 11.0. The molecule has 10 nitrogen and oxygen atoms in total. The summed E-state index contributed by atoms with van der Waals surface area (Å²) >= 11 is 0. The predicted octanol–water partition coefficient (Wildman–Crippen LogP) is 4.35. The highest BCUT2D eigenvalue weighted by atomic mass is 32.2. The number of ether oxygens (including phenoxy) is 2. The molecule has 1 saturated carbocycles. The Morgan fingerprint density at radius 2 is 1.67 bits per heavy atom. The van der Waals surface area contributed by atoms with E-state index in [-0.39, 0.29) is 41.6 Å². The highest BCUT2D eigenvalue weighted by Crippen LogP contribution is 2.52. The zero-order valence-corrected chi connectivity index (χ0v) is 24.4. The van der Waals surface area contributed by atoms with Crippen LogP contribution < -0.4 is 10.9 Å². The average molecular weight is 602 g/mol. The fraction of sp³-hybridized carbons (Fsp3) is 0.281. The highest BCUT2D eigenvalue weighted by Gasteiger charge is 2.62. The van der Waals surface area contributed by atoms with Crippen molar-refractivity contribution < 1.29 is 27.5 Å². The monoisotopic (exact) mass is 601 g/mol. The third-order valence-electron chi connectivity index (χ3n) is 8.20. The van der Waals surface area contributed by atoms with Crippen molar-refractivity contribution in [1.29, 1.82) is 0 Å². The van der Waals surface area contributed by atoms with Crippen LogP contribution in [0.2, 0.25) is 0 Å². The fourth-order valence-corrected chi connectivity index (χ4v) is 7.82. The third kappa shape index (κ3) is 5.53. The molecule has 1 aromatic heterocycles. The number of alkyl carbamates (subject to hydrolysis) is 1. The van der Waals surface area contributed by atoms with E-state index < -0.39 is 33.2 Å². The lowest BCUT2D eigenvalue weighted by Crippen LogP contribution is -2.48. The van der Waals surface area contributed by atoms with E-state index in [1.165, 1.54) is 27.2 Å². The summed E-state index contributed by atoms with van der Waals surface area (Å²) in [6.07, 6.45) is 2.51. The average Bonchev–Trinajstić information content (AvgIpc) is 3.72. The van der Waals surface area contributed by atoms with Crippen LogP contribution in [0.15, 0.2) is 94.7 Å². The largest absolute Gasteiger partial charge is 0.445 e. The topological polar surface area (TPSA) is 124 Å². The number of hydrogen-bond donors (Lipinski definition) is 1. The van der Waals surface area contributed by atoms with Gasteiger partial charge in [-0.05, 0) is 62.1 Å². The van der Waals surface area contributed by atoms with Crippen molar-refractivity contribution in [2.45, 2.75) is 56.0 Å². The van der Waals surface area contributed by atoms with Gasteiger partial charge in [0, 0.05) is 23.5 Å². The molecule has 1 aliphatic heterocycles. The lowest BCUT2D eigenvalue weighted by Gasteiger charge is -2.28. The molecule has 3 aromatic carbocycles. The number of carbonyl (C=O) groups excluding carboxylic acids is 2. The van der Waals surface area contributed by atoms with Gasteiger partial charge in [-0.25, -0.2) is 18.0 Å². The van der Waals surface area contributed by atoms with Gasteiger partial charge in [-0.3, -0.25) is 9.36 Å². The van der Waals surface area contributed by atoms with E-state index in [0.29, 0.717) is 24.8 Å². The standard InChI is InChI=1S/C32H31N3O7S/c1-22-10-12-24(13-11-22)30(37)42-21-34-18-14-25-26(29(34)36)8-5-9-27(25)43(39,40)35-19-15-28(32(35)16-17-32)33-31(38)41-20-23-6-3-2-4-7-23/h2-14,18,28H,15-17,19-21H2,1H3,(H,33,38). The van der Waals surface area contributed by atoms with Gasteiger partial charge in [0.1, 0.15) is 6.61 Å². The summed E-state index contributed by atoms with van der Waals surface area (Å²) in [6.45, 7) is 1.94. The van der Waals surface area contributed by atoms with Gasteiger partial charge in [0.05, 0.1) is 22.0 Å². The molecular weight excluding hydrogens is 570 g/mol. The van der Waals surface area contributed by atoms with Crippen molar-refractivity contribution >= 4 is 32.9 Å². The van der Waals surface area contributed by atoms with Gasteiger partial charge in [-0.2, -0.15) is 4.31 Å². The molecule has 0 bridgehead atoms. The molecular formula is C32H31N3O7S. The zero-order chi connectivity index (χ0) is 30.2. The van der Waals surface area contributed by atoms with Gasteiger partial charge in [-0.1, -0.05) is 54.1 Å². The van der Waals surface area contributed by atoms with Gasteiger partial charge in [0.15, 0.2) is 6.73 Å². The third-order valence-corrected chi connectivity index (χ3v) is 10.2.